The molecule has 1 N–H and O–H groups in total. The summed E-state index contributed by atoms with van der Waals surface area (Å²) in [5.74, 6) is -0.0279. The molecule has 1 saturated heterocycles. The fraction of sp³-hybridized carbons (Fsp3) is 0.318. The quantitative estimate of drug-likeness (QED) is 0.645. The van der Waals surface area contributed by atoms with Gasteiger partial charge < -0.3 is 14.6 Å². The van der Waals surface area contributed by atoms with E-state index in [-0.39, 0.29) is 12.5 Å². The highest BCUT2D eigenvalue weighted by Gasteiger charge is 2.15. The summed E-state index contributed by atoms with van der Waals surface area (Å²) in [6.45, 7) is 6.66. The van der Waals surface area contributed by atoms with Gasteiger partial charge in [-0.25, -0.2) is 0 Å². The van der Waals surface area contributed by atoms with Crippen LogP contribution < -0.4 is 5.32 Å². The molecule has 0 atom stereocenters. The van der Waals surface area contributed by atoms with E-state index in [1.165, 1.54) is 5.56 Å². The first-order valence-corrected chi connectivity index (χ1v) is 10.3. The molecule has 0 aliphatic carbocycles. The zero-order valence-electron chi connectivity index (χ0n) is 16.0. The molecule has 1 aliphatic heterocycles. The van der Waals surface area contributed by atoms with Crippen molar-refractivity contribution in [1.29, 1.82) is 0 Å². The van der Waals surface area contributed by atoms with Crippen LogP contribution in [0.2, 0.25) is 0 Å². The molecule has 0 spiro atoms. The molecule has 0 unspecified atom stereocenters. The molecule has 1 aromatic heterocycles. The molecule has 0 radical (unpaired) electrons. The van der Waals surface area contributed by atoms with Gasteiger partial charge in [-0.05, 0) is 46.6 Å². The number of aromatic nitrogens is 1. The number of fused-ring (bicyclic) bond motifs is 1. The number of anilines is 1. The Balaban J connectivity index is 1.46. The number of nitrogens with one attached hydrogen (secondary N) is 1. The number of nitrogens with zero attached hydrogens (tertiary/aromatic N) is 2. The van der Waals surface area contributed by atoms with Gasteiger partial charge in [0.2, 0.25) is 5.91 Å². The molecule has 2 heterocycles. The van der Waals surface area contributed by atoms with Crippen molar-refractivity contribution in [3.63, 3.8) is 0 Å². The van der Waals surface area contributed by atoms with Gasteiger partial charge in [0.05, 0.1) is 13.2 Å². The van der Waals surface area contributed by atoms with Crippen LogP contribution in [-0.2, 0) is 22.6 Å². The fourth-order valence-corrected chi connectivity index (χ4v) is 4.25. The zero-order chi connectivity index (χ0) is 19.5. The van der Waals surface area contributed by atoms with Crippen LogP contribution in [0.1, 0.15) is 11.3 Å². The summed E-state index contributed by atoms with van der Waals surface area (Å²) < 4.78 is 8.50. The summed E-state index contributed by atoms with van der Waals surface area (Å²) in [6, 6.07) is 16.2. The third-order valence-electron chi connectivity index (χ3n) is 5.18. The van der Waals surface area contributed by atoms with Crippen LogP contribution in [0.15, 0.2) is 53.0 Å². The van der Waals surface area contributed by atoms with E-state index in [1.54, 1.807) is 0 Å². The number of para-hydroxylation sites is 1. The summed E-state index contributed by atoms with van der Waals surface area (Å²) in [7, 11) is 0. The number of morpholine rings is 1. The van der Waals surface area contributed by atoms with Gasteiger partial charge in [0, 0.05) is 46.4 Å². The average molecular weight is 442 g/mol. The van der Waals surface area contributed by atoms with E-state index in [1.807, 2.05) is 41.8 Å². The minimum absolute atomic E-state index is 0.0279. The number of hydrogen-bond donors (Lipinski definition) is 1. The Bertz CT molecular complexity index is 993. The number of carbonyl (C=O) groups excluding carboxylic acids is 1. The third-order valence-corrected chi connectivity index (χ3v) is 6.18. The fourth-order valence-electron chi connectivity index (χ4n) is 3.70. The molecule has 2 aromatic carbocycles. The Kier molecular flexibility index (Phi) is 5.80. The number of rotatable bonds is 5. The summed E-state index contributed by atoms with van der Waals surface area (Å²) in [6.07, 6.45) is 0. The van der Waals surface area contributed by atoms with Crippen molar-refractivity contribution in [2.24, 2.45) is 0 Å². The van der Waals surface area contributed by atoms with Crippen molar-refractivity contribution < 1.29 is 9.53 Å². The van der Waals surface area contributed by atoms with Crippen LogP contribution >= 0.6 is 15.9 Å². The predicted octanol–water partition coefficient (Wildman–Crippen LogP) is 4.18. The van der Waals surface area contributed by atoms with E-state index in [0.29, 0.717) is 0 Å². The normalized spacial score (nSPS) is 15.1. The smallest absolute Gasteiger partial charge is 0.244 e. The highest BCUT2D eigenvalue weighted by Crippen LogP contribution is 2.30. The Labute approximate surface area is 173 Å². The summed E-state index contributed by atoms with van der Waals surface area (Å²) in [5, 5.41) is 4.18. The molecule has 4 rings (SSSR count). The van der Waals surface area contributed by atoms with Gasteiger partial charge in [-0.3, -0.25) is 9.69 Å². The minimum atomic E-state index is -0.0279. The van der Waals surface area contributed by atoms with Crippen LogP contribution in [0.25, 0.3) is 10.9 Å². The van der Waals surface area contributed by atoms with Crippen molar-refractivity contribution >= 4 is 38.4 Å². The highest BCUT2D eigenvalue weighted by molar-refractivity contribution is 9.10. The van der Waals surface area contributed by atoms with E-state index in [9.17, 15) is 4.79 Å². The van der Waals surface area contributed by atoms with Crippen LogP contribution in [0, 0.1) is 6.92 Å². The Morgan fingerprint density at radius 1 is 1.14 bits per heavy atom. The molecule has 0 saturated carbocycles. The van der Waals surface area contributed by atoms with Crippen LogP contribution in [0.3, 0.4) is 0 Å². The Morgan fingerprint density at radius 2 is 1.93 bits per heavy atom. The molecule has 28 heavy (non-hydrogen) atoms. The zero-order valence-corrected chi connectivity index (χ0v) is 17.5. The lowest BCUT2D eigenvalue weighted by atomic mass is 10.2. The minimum Gasteiger partial charge on any atom is -0.379 e. The van der Waals surface area contributed by atoms with Gasteiger partial charge in [0.15, 0.2) is 0 Å². The van der Waals surface area contributed by atoms with Gasteiger partial charge in [0.1, 0.15) is 6.54 Å². The van der Waals surface area contributed by atoms with E-state index in [4.69, 9.17) is 4.74 Å². The SMILES string of the molecule is Cc1c(Br)c2ccccc2n1CC(=O)Nc1cccc(CN2CCOCC2)c1. The Hall–Kier alpha value is -2.15. The number of carbonyl (C=O) groups is 1. The first-order valence-electron chi connectivity index (χ1n) is 9.54. The molecule has 1 fully saturated rings. The standard InChI is InChI=1S/C22H24BrN3O2/c1-16-22(23)19-7-2-3-8-20(19)26(16)15-21(27)24-18-6-4-5-17(13-18)14-25-9-11-28-12-10-25/h2-8,13H,9-12,14-15H2,1H3,(H,24,27). The lowest BCUT2D eigenvalue weighted by Crippen LogP contribution is -2.35. The molecule has 146 valence electrons. The molecule has 3 aromatic rings. The topological polar surface area (TPSA) is 46.5 Å². The molecule has 0 bridgehead atoms. The van der Waals surface area contributed by atoms with Crippen molar-refractivity contribution in [3.05, 3.63) is 64.3 Å². The van der Waals surface area contributed by atoms with Crippen molar-refractivity contribution in [2.75, 3.05) is 31.6 Å². The molecule has 6 heteroatoms. The second-order valence-corrected chi connectivity index (χ2v) is 7.93. The van der Waals surface area contributed by atoms with Crippen LogP contribution in [0.5, 0.6) is 0 Å². The molecular formula is C22H24BrN3O2. The van der Waals surface area contributed by atoms with Crippen LogP contribution in [0.4, 0.5) is 5.69 Å². The lowest BCUT2D eigenvalue weighted by molar-refractivity contribution is -0.116. The number of amides is 1. The van der Waals surface area contributed by atoms with Crippen LogP contribution in [-0.4, -0.2) is 41.7 Å². The molecular weight excluding hydrogens is 418 g/mol. The molecule has 1 aliphatic rings. The van der Waals surface area contributed by atoms with Crippen molar-refractivity contribution in [3.8, 4) is 0 Å². The first-order chi connectivity index (χ1) is 13.6. The second kappa shape index (κ2) is 8.47. The largest absolute Gasteiger partial charge is 0.379 e. The van der Waals surface area contributed by atoms with E-state index >= 15 is 0 Å². The lowest BCUT2D eigenvalue weighted by Gasteiger charge is -2.26. The number of hydrogen-bond acceptors (Lipinski definition) is 3. The molecule has 1 amide bonds. The van der Waals surface area contributed by atoms with E-state index < -0.39 is 0 Å². The van der Waals surface area contributed by atoms with Gasteiger partial charge in [-0.15, -0.1) is 0 Å². The maximum atomic E-state index is 12.7. The summed E-state index contributed by atoms with van der Waals surface area (Å²) >= 11 is 3.65. The number of halogens is 1. The van der Waals surface area contributed by atoms with Crippen molar-refractivity contribution in [1.82, 2.24) is 9.47 Å². The monoisotopic (exact) mass is 441 g/mol. The van der Waals surface area contributed by atoms with Gasteiger partial charge in [0.25, 0.3) is 0 Å². The van der Waals surface area contributed by atoms with Gasteiger partial charge >= 0.3 is 0 Å². The second-order valence-electron chi connectivity index (χ2n) is 7.14. The van der Waals surface area contributed by atoms with Gasteiger partial charge in [-0.2, -0.15) is 0 Å². The third kappa shape index (κ3) is 4.14. The summed E-state index contributed by atoms with van der Waals surface area (Å²) in [5.41, 5.74) is 4.15. The van der Waals surface area contributed by atoms with Gasteiger partial charge in [-0.1, -0.05) is 30.3 Å². The van der Waals surface area contributed by atoms with E-state index in [0.717, 1.165) is 59.6 Å². The Morgan fingerprint density at radius 3 is 2.75 bits per heavy atom. The first kappa shape index (κ1) is 19.2. The average Bonchev–Trinajstić information content (AvgIpc) is 2.94. The maximum absolute atomic E-state index is 12.7. The highest BCUT2D eigenvalue weighted by atomic mass is 79.9. The number of benzene rings is 2. The maximum Gasteiger partial charge on any atom is 0.244 e. The van der Waals surface area contributed by atoms with E-state index in [2.05, 4.69) is 44.3 Å². The summed E-state index contributed by atoms with van der Waals surface area (Å²) in [4.78, 5) is 15.1. The molecule has 5 nitrogen and oxygen atoms in total. The predicted molar refractivity (Wildman–Crippen MR) is 116 cm³/mol. The number of ether oxygens (including phenoxy) is 1. The van der Waals surface area contributed by atoms with Crippen molar-refractivity contribution in [2.45, 2.75) is 20.0 Å².